The van der Waals surface area contributed by atoms with Crippen LogP contribution in [0.15, 0.2) is 22.7 Å². The third-order valence-corrected chi connectivity index (χ3v) is 2.73. The van der Waals surface area contributed by atoms with Crippen molar-refractivity contribution < 1.29 is 14.6 Å². The van der Waals surface area contributed by atoms with Gasteiger partial charge in [0.15, 0.2) is 0 Å². The average molecular weight is 302 g/mol. The van der Waals surface area contributed by atoms with Gasteiger partial charge in [0, 0.05) is 6.54 Å². The van der Waals surface area contributed by atoms with Crippen molar-refractivity contribution >= 4 is 21.8 Å². The number of hydrogen-bond donors (Lipinski definition) is 2. The predicted octanol–water partition coefficient (Wildman–Crippen LogP) is 1.63. The van der Waals surface area contributed by atoms with Gasteiger partial charge in [0.25, 0.3) is 0 Å². The third kappa shape index (κ3) is 5.19. The molecule has 1 rings (SSSR count). The van der Waals surface area contributed by atoms with Crippen LogP contribution in [0.5, 0.6) is 5.75 Å². The van der Waals surface area contributed by atoms with Crippen molar-refractivity contribution in [3.05, 3.63) is 28.2 Å². The zero-order valence-corrected chi connectivity index (χ0v) is 11.3. The van der Waals surface area contributed by atoms with Crippen LogP contribution in [0.3, 0.4) is 0 Å². The van der Waals surface area contributed by atoms with Gasteiger partial charge in [-0.25, -0.2) is 0 Å². The summed E-state index contributed by atoms with van der Waals surface area (Å²) >= 11 is 3.40. The fraction of sp³-hybridized carbons (Fsp3) is 0.417. The lowest BCUT2D eigenvalue weighted by Gasteiger charge is -2.08. The molecule has 1 amide bonds. The summed E-state index contributed by atoms with van der Waals surface area (Å²) in [7, 11) is 0. The van der Waals surface area contributed by atoms with Gasteiger partial charge in [-0.3, -0.25) is 4.79 Å². The van der Waals surface area contributed by atoms with Crippen LogP contribution in [0, 0.1) is 6.92 Å². The third-order valence-electron chi connectivity index (χ3n) is 2.11. The number of aliphatic hydroxyl groups excluding tert-OH is 1. The number of benzene rings is 1. The van der Waals surface area contributed by atoms with Crippen LogP contribution in [0.4, 0.5) is 0 Å². The molecule has 0 saturated heterocycles. The maximum atomic E-state index is 11.2. The minimum absolute atomic E-state index is 0.0455. The van der Waals surface area contributed by atoms with Gasteiger partial charge in [-0.2, -0.15) is 0 Å². The van der Waals surface area contributed by atoms with Gasteiger partial charge in [-0.05, 0) is 40.5 Å². The molecule has 0 aliphatic carbocycles. The first kappa shape index (κ1) is 14.0. The molecule has 0 aromatic heterocycles. The van der Waals surface area contributed by atoms with Gasteiger partial charge in [0.1, 0.15) is 5.75 Å². The Kier molecular flexibility index (Phi) is 6.00. The van der Waals surface area contributed by atoms with E-state index in [1.54, 1.807) is 0 Å². The van der Waals surface area contributed by atoms with E-state index in [4.69, 9.17) is 9.84 Å². The van der Waals surface area contributed by atoms with E-state index < -0.39 is 0 Å². The fourth-order valence-electron chi connectivity index (χ4n) is 1.26. The Balaban J connectivity index is 2.33. The molecule has 0 heterocycles. The van der Waals surface area contributed by atoms with Gasteiger partial charge >= 0.3 is 0 Å². The van der Waals surface area contributed by atoms with Crippen molar-refractivity contribution in [1.82, 2.24) is 5.32 Å². The van der Waals surface area contributed by atoms with E-state index in [-0.39, 0.29) is 25.5 Å². The molecular formula is C12H16BrNO3. The highest BCUT2D eigenvalue weighted by atomic mass is 79.9. The van der Waals surface area contributed by atoms with E-state index in [1.165, 1.54) is 0 Å². The second-order valence-corrected chi connectivity index (χ2v) is 4.46. The first-order chi connectivity index (χ1) is 8.13. The number of hydrogen-bond acceptors (Lipinski definition) is 3. The lowest BCUT2D eigenvalue weighted by Crippen LogP contribution is -2.27. The van der Waals surface area contributed by atoms with Crippen LogP contribution in [-0.2, 0) is 4.79 Å². The Labute approximate surface area is 109 Å². The highest BCUT2D eigenvalue weighted by Gasteiger charge is 2.03. The first-order valence-corrected chi connectivity index (χ1v) is 6.19. The van der Waals surface area contributed by atoms with Crippen molar-refractivity contribution in [1.29, 1.82) is 0 Å². The summed E-state index contributed by atoms with van der Waals surface area (Å²) in [4.78, 5) is 11.2. The van der Waals surface area contributed by atoms with Crippen LogP contribution in [-0.4, -0.2) is 30.8 Å². The number of carbonyl (C=O) groups is 1. The van der Waals surface area contributed by atoms with Gasteiger partial charge < -0.3 is 15.2 Å². The van der Waals surface area contributed by atoms with Crippen molar-refractivity contribution in [3.63, 3.8) is 0 Å². The Morgan fingerprint density at radius 3 is 2.94 bits per heavy atom. The molecule has 0 fully saturated rings. The topological polar surface area (TPSA) is 58.6 Å². The first-order valence-electron chi connectivity index (χ1n) is 5.40. The molecule has 4 nitrogen and oxygen atoms in total. The highest BCUT2D eigenvalue weighted by molar-refractivity contribution is 9.10. The van der Waals surface area contributed by atoms with Gasteiger partial charge in [0.05, 0.1) is 24.1 Å². The highest BCUT2D eigenvalue weighted by Crippen LogP contribution is 2.25. The van der Waals surface area contributed by atoms with E-state index in [0.29, 0.717) is 6.61 Å². The van der Waals surface area contributed by atoms with Crippen molar-refractivity contribution in [2.24, 2.45) is 0 Å². The van der Waals surface area contributed by atoms with Crippen LogP contribution in [0.25, 0.3) is 0 Å². The van der Waals surface area contributed by atoms with Crippen LogP contribution < -0.4 is 10.1 Å². The molecule has 1 aromatic carbocycles. The summed E-state index contributed by atoms with van der Waals surface area (Å²) < 4.78 is 6.35. The number of halogens is 1. The second-order valence-electron chi connectivity index (χ2n) is 3.61. The summed E-state index contributed by atoms with van der Waals surface area (Å²) in [5, 5.41) is 11.1. The molecule has 1 aromatic rings. The zero-order valence-electron chi connectivity index (χ0n) is 9.70. The molecule has 0 bridgehead atoms. The molecule has 2 N–H and O–H groups in total. The van der Waals surface area contributed by atoms with E-state index in [0.717, 1.165) is 15.8 Å². The smallest absolute Gasteiger partial charge is 0.223 e. The normalized spacial score (nSPS) is 10.1. The maximum Gasteiger partial charge on any atom is 0.223 e. The molecule has 94 valence electrons. The standard InChI is InChI=1S/C12H16BrNO3/c1-9-2-3-11(10(13)8-9)17-7-4-12(16)14-5-6-15/h2-3,8,15H,4-7H2,1H3,(H,14,16). The Morgan fingerprint density at radius 1 is 1.53 bits per heavy atom. The SMILES string of the molecule is Cc1ccc(OCCC(=O)NCCO)c(Br)c1. The second kappa shape index (κ2) is 7.29. The lowest BCUT2D eigenvalue weighted by molar-refractivity contribution is -0.121. The number of aryl methyl sites for hydroxylation is 1. The van der Waals surface area contributed by atoms with E-state index in [9.17, 15) is 4.79 Å². The monoisotopic (exact) mass is 301 g/mol. The molecular weight excluding hydrogens is 286 g/mol. The Morgan fingerprint density at radius 2 is 2.29 bits per heavy atom. The molecule has 5 heteroatoms. The summed E-state index contributed by atoms with van der Waals surface area (Å²) in [6.07, 6.45) is 0.278. The number of carbonyl (C=O) groups excluding carboxylic acids is 1. The molecule has 0 unspecified atom stereocenters. The minimum Gasteiger partial charge on any atom is -0.492 e. The number of ether oxygens (including phenoxy) is 1. The number of amides is 1. The molecule has 0 saturated carbocycles. The van der Waals surface area contributed by atoms with E-state index in [2.05, 4.69) is 21.2 Å². The molecule has 0 aliphatic heterocycles. The summed E-state index contributed by atoms with van der Waals surface area (Å²) in [6.45, 7) is 2.55. The Hall–Kier alpha value is -1.07. The van der Waals surface area contributed by atoms with E-state index >= 15 is 0 Å². The minimum atomic E-state index is -0.123. The molecule has 0 radical (unpaired) electrons. The van der Waals surface area contributed by atoms with Gasteiger partial charge in [-0.15, -0.1) is 0 Å². The maximum absolute atomic E-state index is 11.2. The zero-order chi connectivity index (χ0) is 12.7. The number of aliphatic hydroxyl groups is 1. The summed E-state index contributed by atoms with van der Waals surface area (Å²) in [6, 6.07) is 5.78. The van der Waals surface area contributed by atoms with Crippen LogP contribution in [0.1, 0.15) is 12.0 Å². The van der Waals surface area contributed by atoms with Crippen molar-refractivity contribution in [2.75, 3.05) is 19.8 Å². The molecule has 0 aliphatic rings. The summed E-state index contributed by atoms with van der Waals surface area (Å²) in [5.41, 5.74) is 1.14. The largest absolute Gasteiger partial charge is 0.492 e. The predicted molar refractivity (Wildman–Crippen MR) is 69.1 cm³/mol. The average Bonchev–Trinajstić information content (AvgIpc) is 2.29. The van der Waals surface area contributed by atoms with Gasteiger partial charge in [-0.1, -0.05) is 6.07 Å². The summed E-state index contributed by atoms with van der Waals surface area (Å²) in [5.74, 6) is 0.604. The molecule has 0 atom stereocenters. The van der Waals surface area contributed by atoms with E-state index in [1.807, 2.05) is 25.1 Å². The Bertz CT molecular complexity index is 382. The van der Waals surface area contributed by atoms with Gasteiger partial charge in [0.2, 0.25) is 5.91 Å². The lowest BCUT2D eigenvalue weighted by atomic mass is 10.2. The van der Waals surface area contributed by atoms with Crippen molar-refractivity contribution in [2.45, 2.75) is 13.3 Å². The quantitative estimate of drug-likeness (QED) is 0.840. The fourth-order valence-corrected chi connectivity index (χ4v) is 1.87. The number of nitrogens with one attached hydrogen (secondary N) is 1. The van der Waals surface area contributed by atoms with Crippen molar-refractivity contribution in [3.8, 4) is 5.75 Å². The van der Waals surface area contributed by atoms with Crippen LogP contribution in [0.2, 0.25) is 0 Å². The molecule has 17 heavy (non-hydrogen) atoms. The van der Waals surface area contributed by atoms with Crippen LogP contribution >= 0.6 is 15.9 Å². The molecule has 0 spiro atoms. The number of rotatable bonds is 6.